The fourth-order valence-corrected chi connectivity index (χ4v) is 0.935. The van der Waals surface area contributed by atoms with Gasteiger partial charge < -0.3 is 0 Å². The van der Waals surface area contributed by atoms with Crippen LogP contribution in [0.2, 0.25) is 0 Å². The standard InChI is InChI=1S/C9H5N3/c1-2-7-3-4-8-9(12-7)11-6-5-10-8/h1,3-6H. The summed E-state index contributed by atoms with van der Waals surface area (Å²) in [5.41, 5.74) is 1.94. The highest BCUT2D eigenvalue weighted by molar-refractivity contribution is 5.69. The number of hydrogen-bond acceptors (Lipinski definition) is 3. The van der Waals surface area contributed by atoms with Gasteiger partial charge in [-0.25, -0.2) is 9.97 Å². The SMILES string of the molecule is C#Cc1ccc2nccnc2n1. The van der Waals surface area contributed by atoms with Crippen LogP contribution in [0.3, 0.4) is 0 Å². The highest BCUT2D eigenvalue weighted by Gasteiger charge is 1.95. The molecule has 0 aliphatic carbocycles. The van der Waals surface area contributed by atoms with Crippen molar-refractivity contribution in [3.8, 4) is 12.3 Å². The Bertz CT molecular complexity index is 457. The van der Waals surface area contributed by atoms with E-state index in [-0.39, 0.29) is 0 Å². The Morgan fingerprint density at radius 1 is 1.17 bits per heavy atom. The summed E-state index contributed by atoms with van der Waals surface area (Å²) in [6, 6.07) is 3.56. The average molecular weight is 155 g/mol. The van der Waals surface area contributed by atoms with Gasteiger partial charge >= 0.3 is 0 Å². The molecule has 2 aromatic heterocycles. The molecule has 0 fully saturated rings. The molecule has 0 saturated heterocycles. The minimum Gasteiger partial charge on any atom is -0.251 e. The van der Waals surface area contributed by atoms with Crippen LogP contribution in [0.4, 0.5) is 0 Å². The van der Waals surface area contributed by atoms with Crippen molar-refractivity contribution in [2.75, 3.05) is 0 Å². The van der Waals surface area contributed by atoms with Crippen molar-refractivity contribution in [3.63, 3.8) is 0 Å². The van der Waals surface area contributed by atoms with Crippen LogP contribution in [0.15, 0.2) is 24.5 Å². The molecule has 0 atom stereocenters. The van der Waals surface area contributed by atoms with E-state index >= 15 is 0 Å². The van der Waals surface area contributed by atoms with Crippen molar-refractivity contribution in [2.24, 2.45) is 0 Å². The minimum atomic E-state index is 0.586. The molecule has 0 aliphatic heterocycles. The van der Waals surface area contributed by atoms with Gasteiger partial charge in [0.05, 0.1) is 0 Å². The van der Waals surface area contributed by atoms with Crippen molar-refractivity contribution >= 4 is 11.2 Å². The van der Waals surface area contributed by atoms with Crippen LogP contribution >= 0.6 is 0 Å². The molecule has 56 valence electrons. The molecular formula is C9H5N3. The third-order valence-electron chi connectivity index (χ3n) is 1.48. The molecule has 0 radical (unpaired) electrons. The van der Waals surface area contributed by atoms with Crippen molar-refractivity contribution < 1.29 is 0 Å². The van der Waals surface area contributed by atoms with E-state index in [1.54, 1.807) is 18.5 Å². The van der Waals surface area contributed by atoms with Crippen LogP contribution in [0.1, 0.15) is 5.69 Å². The second-order valence-electron chi connectivity index (χ2n) is 2.24. The fraction of sp³-hybridized carbons (Fsp3) is 0. The topological polar surface area (TPSA) is 38.7 Å². The highest BCUT2D eigenvalue weighted by Crippen LogP contribution is 2.04. The summed E-state index contributed by atoms with van der Waals surface area (Å²) < 4.78 is 0. The number of fused-ring (bicyclic) bond motifs is 1. The first-order chi connectivity index (χ1) is 5.90. The number of hydrogen-bond donors (Lipinski definition) is 0. The van der Waals surface area contributed by atoms with Crippen LogP contribution < -0.4 is 0 Å². The van der Waals surface area contributed by atoms with Gasteiger partial charge in [-0.15, -0.1) is 6.42 Å². The second-order valence-corrected chi connectivity index (χ2v) is 2.24. The fourth-order valence-electron chi connectivity index (χ4n) is 0.935. The lowest BCUT2D eigenvalue weighted by Crippen LogP contribution is -1.88. The molecule has 0 amide bonds. The van der Waals surface area contributed by atoms with Gasteiger partial charge in [0.1, 0.15) is 11.2 Å². The molecule has 2 rings (SSSR count). The van der Waals surface area contributed by atoms with E-state index in [2.05, 4.69) is 20.9 Å². The predicted octanol–water partition coefficient (Wildman–Crippen LogP) is 1.01. The summed E-state index contributed by atoms with van der Waals surface area (Å²) in [7, 11) is 0. The largest absolute Gasteiger partial charge is 0.251 e. The van der Waals surface area contributed by atoms with E-state index in [0.29, 0.717) is 11.3 Å². The van der Waals surface area contributed by atoms with Crippen molar-refractivity contribution in [3.05, 3.63) is 30.2 Å². The first-order valence-corrected chi connectivity index (χ1v) is 3.44. The quantitative estimate of drug-likeness (QED) is 0.533. The van der Waals surface area contributed by atoms with Gasteiger partial charge in [-0.05, 0) is 12.1 Å². The van der Waals surface area contributed by atoms with Gasteiger partial charge in [-0.3, -0.25) is 4.98 Å². The molecule has 0 N–H and O–H groups in total. The molecule has 2 aromatic rings. The van der Waals surface area contributed by atoms with Crippen molar-refractivity contribution in [1.82, 2.24) is 15.0 Å². The first-order valence-electron chi connectivity index (χ1n) is 3.44. The number of terminal acetylenes is 1. The summed E-state index contributed by atoms with van der Waals surface area (Å²) in [5.74, 6) is 2.44. The van der Waals surface area contributed by atoms with Crippen LogP contribution in [0, 0.1) is 12.3 Å². The van der Waals surface area contributed by atoms with E-state index in [0.717, 1.165) is 5.52 Å². The molecule has 0 spiro atoms. The predicted molar refractivity (Wildman–Crippen MR) is 45.3 cm³/mol. The molecule has 0 aliphatic rings. The summed E-state index contributed by atoms with van der Waals surface area (Å²) in [4.78, 5) is 12.2. The molecule has 2 heterocycles. The Hall–Kier alpha value is -1.95. The van der Waals surface area contributed by atoms with Gasteiger partial charge in [0, 0.05) is 12.4 Å². The molecule has 0 bridgehead atoms. The third-order valence-corrected chi connectivity index (χ3v) is 1.48. The van der Waals surface area contributed by atoms with Gasteiger partial charge in [0.2, 0.25) is 0 Å². The molecule has 0 saturated carbocycles. The van der Waals surface area contributed by atoms with Gasteiger partial charge in [-0.2, -0.15) is 0 Å². The number of rotatable bonds is 0. The Kier molecular flexibility index (Phi) is 1.45. The number of nitrogens with zero attached hydrogens (tertiary/aromatic N) is 3. The van der Waals surface area contributed by atoms with E-state index in [1.807, 2.05) is 6.07 Å². The first kappa shape index (κ1) is 6.74. The third kappa shape index (κ3) is 0.995. The average Bonchev–Trinajstić information content (AvgIpc) is 2.17. The normalized spacial score (nSPS) is 9.58. The maximum atomic E-state index is 5.18. The Balaban J connectivity index is 2.78. The Labute approximate surface area is 69.5 Å². The number of pyridine rings is 1. The van der Waals surface area contributed by atoms with E-state index in [9.17, 15) is 0 Å². The van der Waals surface area contributed by atoms with Crippen LogP contribution in [0.5, 0.6) is 0 Å². The summed E-state index contributed by atoms with van der Waals surface area (Å²) in [6.07, 6.45) is 8.40. The molecule has 0 unspecified atom stereocenters. The van der Waals surface area contributed by atoms with E-state index in [1.165, 1.54) is 0 Å². The molecule has 0 aromatic carbocycles. The molecule has 3 nitrogen and oxygen atoms in total. The second kappa shape index (κ2) is 2.59. The van der Waals surface area contributed by atoms with Gasteiger partial charge in [0.25, 0.3) is 0 Å². The summed E-state index contributed by atoms with van der Waals surface area (Å²) in [6.45, 7) is 0. The molecular weight excluding hydrogens is 150 g/mol. The monoisotopic (exact) mass is 155 g/mol. The number of aromatic nitrogens is 3. The summed E-state index contributed by atoms with van der Waals surface area (Å²) in [5, 5.41) is 0. The lowest BCUT2D eigenvalue weighted by molar-refractivity contribution is 1.21. The zero-order valence-electron chi connectivity index (χ0n) is 6.23. The van der Waals surface area contributed by atoms with Crippen molar-refractivity contribution in [2.45, 2.75) is 0 Å². The maximum Gasteiger partial charge on any atom is 0.179 e. The highest BCUT2D eigenvalue weighted by atomic mass is 14.9. The van der Waals surface area contributed by atoms with Gasteiger partial charge in [-0.1, -0.05) is 5.92 Å². The molecule has 12 heavy (non-hydrogen) atoms. The zero-order valence-corrected chi connectivity index (χ0v) is 6.23. The van der Waals surface area contributed by atoms with Crippen molar-refractivity contribution in [1.29, 1.82) is 0 Å². The Morgan fingerprint density at radius 3 is 2.83 bits per heavy atom. The molecule has 3 heteroatoms. The smallest absolute Gasteiger partial charge is 0.179 e. The van der Waals surface area contributed by atoms with E-state index in [4.69, 9.17) is 6.42 Å². The van der Waals surface area contributed by atoms with Gasteiger partial charge in [0.15, 0.2) is 5.65 Å². The van der Waals surface area contributed by atoms with Crippen LogP contribution in [-0.4, -0.2) is 15.0 Å². The minimum absolute atomic E-state index is 0.586. The van der Waals surface area contributed by atoms with Crippen LogP contribution in [-0.2, 0) is 0 Å². The lowest BCUT2D eigenvalue weighted by Gasteiger charge is -1.93. The van der Waals surface area contributed by atoms with Crippen LogP contribution in [0.25, 0.3) is 11.2 Å². The zero-order chi connectivity index (χ0) is 8.39. The van der Waals surface area contributed by atoms with E-state index < -0.39 is 0 Å². The summed E-state index contributed by atoms with van der Waals surface area (Å²) >= 11 is 0. The maximum absolute atomic E-state index is 5.18. The Morgan fingerprint density at radius 2 is 2.00 bits per heavy atom. The lowest BCUT2D eigenvalue weighted by atomic mass is 10.3.